The van der Waals surface area contributed by atoms with Crippen LogP contribution >= 0.6 is 12.2 Å². The molecule has 0 saturated heterocycles. The molecule has 0 bridgehead atoms. The highest BCUT2D eigenvalue weighted by molar-refractivity contribution is 7.80. The molecule has 1 aliphatic rings. The van der Waals surface area contributed by atoms with E-state index in [9.17, 15) is 4.79 Å². The summed E-state index contributed by atoms with van der Waals surface area (Å²) in [4.78, 5) is 16.9. The van der Waals surface area contributed by atoms with Crippen molar-refractivity contribution in [1.82, 2.24) is 10.3 Å². The fourth-order valence-corrected chi connectivity index (χ4v) is 2.83. The zero-order valence-corrected chi connectivity index (χ0v) is 12.0. The van der Waals surface area contributed by atoms with Crippen LogP contribution in [0.15, 0.2) is 10.6 Å². The summed E-state index contributed by atoms with van der Waals surface area (Å²) >= 11 is 5.10. The minimum Gasteiger partial charge on any atom is -0.444 e. The molecule has 104 valence electrons. The highest BCUT2D eigenvalue weighted by Crippen LogP contribution is 2.39. The second kappa shape index (κ2) is 5.28. The molecule has 0 radical (unpaired) electrons. The highest BCUT2D eigenvalue weighted by Gasteiger charge is 2.44. The Bertz CT molecular complexity index is 492. The number of carbonyl (C=O) groups excluding carboxylic acids is 1. The van der Waals surface area contributed by atoms with Crippen molar-refractivity contribution in [2.24, 2.45) is 11.1 Å². The molecule has 1 heterocycles. The van der Waals surface area contributed by atoms with Crippen molar-refractivity contribution in [3.63, 3.8) is 0 Å². The average Bonchev–Trinajstić information content (AvgIpc) is 2.97. The minimum absolute atomic E-state index is 0.110. The van der Waals surface area contributed by atoms with Gasteiger partial charge in [0.2, 0.25) is 11.8 Å². The van der Waals surface area contributed by atoms with Gasteiger partial charge in [0.05, 0.1) is 16.6 Å². The molecule has 3 N–H and O–H groups in total. The third-order valence-corrected chi connectivity index (χ3v) is 4.11. The second-order valence-corrected chi connectivity index (χ2v) is 5.60. The van der Waals surface area contributed by atoms with Gasteiger partial charge in [-0.25, -0.2) is 4.98 Å². The summed E-state index contributed by atoms with van der Waals surface area (Å²) in [6, 6.07) is -0.284. The van der Waals surface area contributed by atoms with Crippen molar-refractivity contribution >= 4 is 23.1 Å². The van der Waals surface area contributed by atoms with Crippen LogP contribution < -0.4 is 11.1 Å². The van der Waals surface area contributed by atoms with Crippen LogP contribution in [0.1, 0.15) is 50.3 Å². The number of amides is 1. The van der Waals surface area contributed by atoms with Gasteiger partial charge >= 0.3 is 0 Å². The van der Waals surface area contributed by atoms with Crippen LogP contribution in [0.25, 0.3) is 0 Å². The molecule has 1 amide bonds. The van der Waals surface area contributed by atoms with E-state index in [1.807, 2.05) is 13.8 Å². The Morgan fingerprint density at radius 2 is 2.21 bits per heavy atom. The van der Waals surface area contributed by atoms with Gasteiger partial charge in [-0.3, -0.25) is 4.79 Å². The maximum absolute atomic E-state index is 12.5. The molecule has 19 heavy (non-hydrogen) atoms. The van der Waals surface area contributed by atoms with Gasteiger partial charge in [-0.05, 0) is 26.7 Å². The van der Waals surface area contributed by atoms with E-state index in [0.29, 0.717) is 10.9 Å². The van der Waals surface area contributed by atoms with E-state index in [2.05, 4.69) is 10.3 Å². The zero-order chi connectivity index (χ0) is 14.0. The van der Waals surface area contributed by atoms with Gasteiger partial charge in [-0.2, -0.15) is 0 Å². The van der Waals surface area contributed by atoms with Crippen molar-refractivity contribution in [3.8, 4) is 0 Å². The van der Waals surface area contributed by atoms with Crippen molar-refractivity contribution in [2.75, 3.05) is 0 Å². The van der Waals surface area contributed by atoms with Crippen LogP contribution in [0.4, 0.5) is 0 Å². The van der Waals surface area contributed by atoms with Gasteiger partial charge in [0.1, 0.15) is 11.8 Å². The van der Waals surface area contributed by atoms with Crippen molar-refractivity contribution in [3.05, 3.63) is 17.8 Å². The smallest absolute Gasteiger partial charge is 0.233 e. The largest absolute Gasteiger partial charge is 0.444 e. The summed E-state index contributed by atoms with van der Waals surface area (Å²) in [5, 5.41) is 2.91. The number of aromatic nitrogens is 1. The average molecular weight is 281 g/mol. The number of carbonyl (C=O) groups is 1. The predicted molar refractivity (Wildman–Crippen MR) is 75.5 cm³/mol. The van der Waals surface area contributed by atoms with E-state index < -0.39 is 5.41 Å². The highest BCUT2D eigenvalue weighted by atomic mass is 32.1. The lowest BCUT2D eigenvalue weighted by molar-refractivity contribution is -0.128. The molecule has 6 heteroatoms. The summed E-state index contributed by atoms with van der Waals surface area (Å²) < 4.78 is 5.41. The summed E-state index contributed by atoms with van der Waals surface area (Å²) in [7, 11) is 0. The normalized spacial score (nSPS) is 19.1. The molecule has 1 unspecified atom stereocenters. The first kappa shape index (κ1) is 14.0. The number of nitrogens with zero attached hydrogens (tertiary/aromatic N) is 1. The Hall–Kier alpha value is -1.43. The van der Waals surface area contributed by atoms with E-state index in [4.69, 9.17) is 22.4 Å². The second-order valence-electron chi connectivity index (χ2n) is 5.16. The lowest BCUT2D eigenvalue weighted by Crippen LogP contribution is -2.47. The van der Waals surface area contributed by atoms with Crippen molar-refractivity contribution < 1.29 is 9.21 Å². The molecule has 0 aliphatic heterocycles. The van der Waals surface area contributed by atoms with E-state index in [1.165, 1.54) is 0 Å². The molecule has 5 nitrogen and oxygen atoms in total. The van der Waals surface area contributed by atoms with Gasteiger partial charge in [0.15, 0.2) is 0 Å². The lowest BCUT2D eigenvalue weighted by atomic mass is 9.85. The van der Waals surface area contributed by atoms with Crippen LogP contribution in [0.3, 0.4) is 0 Å². The molecule has 1 aromatic rings. The standard InChI is InChI=1S/C13H19N3O2S/c1-8-7-15-10(18-8)9(2)16-12(17)13(11(14)19)5-3-4-6-13/h7,9H,3-6H2,1-2H3,(H2,14,19)(H,16,17). The van der Waals surface area contributed by atoms with Crippen LogP contribution in [-0.4, -0.2) is 15.9 Å². The maximum Gasteiger partial charge on any atom is 0.233 e. The number of hydrogen-bond donors (Lipinski definition) is 2. The van der Waals surface area contributed by atoms with Crippen LogP contribution in [0.5, 0.6) is 0 Å². The summed E-state index contributed by atoms with van der Waals surface area (Å²) in [5.41, 5.74) is 5.09. The number of oxazole rings is 1. The summed E-state index contributed by atoms with van der Waals surface area (Å²) in [6.07, 6.45) is 5.06. The van der Waals surface area contributed by atoms with Gasteiger partial charge in [0.25, 0.3) is 0 Å². The minimum atomic E-state index is -0.689. The Labute approximate surface area is 117 Å². The van der Waals surface area contributed by atoms with E-state index >= 15 is 0 Å². The van der Waals surface area contributed by atoms with Crippen LogP contribution in [0, 0.1) is 12.3 Å². The van der Waals surface area contributed by atoms with Gasteiger partial charge in [-0.1, -0.05) is 25.1 Å². The Kier molecular flexibility index (Phi) is 3.89. The SMILES string of the molecule is Cc1cnc(C(C)NC(=O)C2(C(N)=S)CCCC2)o1. The molecular weight excluding hydrogens is 262 g/mol. The van der Waals surface area contributed by atoms with Crippen molar-refractivity contribution in [1.29, 1.82) is 0 Å². The molecule has 1 saturated carbocycles. The first-order valence-electron chi connectivity index (χ1n) is 6.49. The Balaban J connectivity index is 2.09. The maximum atomic E-state index is 12.5. The molecular formula is C13H19N3O2S. The van der Waals surface area contributed by atoms with E-state index in [0.717, 1.165) is 31.4 Å². The van der Waals surface area contributed by atoms with Gasteiger partial charge in [-0.15, -0.1) is 0 Å². The zero-order valence-electron chi connectivity index (χ0n) is 11.2. The van der Waals surface area contributed by atoms with E-state index in [1.54, 1.807) is 6.20 Å². The lowest BCUT2D eigenvalue weighted by Gasteiger charge is -2.27. The number of aryl methyl sites for hydroxylation is 1. The molecule has 2 rings (SSSR count). The number of nitrogens with two attached hydrogens (primary N) is 1. The molecule has 1 atom stereocenters. The first-order chi connectivity index (χ1) is 8.95. The number of thiocarbonyl (C=S) groups is 1. The van der Waals surface area contributed by atoms with Gasteiger partial charge < -0.3 is 15.5 Å². The number of nitrogens with one attached hydrogen (secondary N) is 1. The van der Waals surface area contributed by atoms with Crippen LogP contribution in [-0.2, 0) is 4.79 Å². The molecule has 1 aliphatic carbocycles. The molecule has 0 aromatic carbocycles. The summed E-state index contributed by atoms with van der Waals surface area (Å²) in [5.74, 6) is 1.11. The summed E-state index contributed by atoms with van der Waals surface area (Å²) in [6.45, 7) is 3.66. The number of hydrogen-bond acceptors (Lipinski definition) is 4. The van der Waals surface area contributed by atoms with E-state index in [-0.39, 0.29) is 11.9 Å². The molecule has 1 aromatic heterocycles. The molecule has 0 spiro atoms. The quantitative estimate of drug-likeness (QED) is 0.825. The molecule has 1 fully saturated rings. The first-order valence-corrected chi connectivity index (χ1v) is 6.90. The van der Waals surface area contributed by atoms with Crippen LogP contribution in [0.2, 0.25) is 0 Å². The third-order valence-electron chi connectivity index (χ3n) is 3.72. The van der Waals surface area contributed by atoms with Crippen molar-refractivity contribution in [2.45, 2.75) is 45.6 Å². The Morgan fingerprint density at radius 1 is 1.58 bits per heavy atom. The number of rotatable bonds is 4. The fourth-order valence-electron chi connectivity index (χ4n) is 2.53. The predicted octanol–water partition coefficient (Wildman–Crippen LogP) is 2.01. The fraction of sp³-hybridized carbons (Fsp3) is 0.615. The van der Waals surface area contributed by atoms with Gasteiger partial charge in [0, 0.05) is 0 Å². The monoisotopic (exact) mass is 281 g/mol. The Morgan fingerprint density at radius 3 is 2.68 bits per heavy atom. The topological polar surface area (TPSA) is 81.2 Å². The third kappa shape index (κ3) is 2.63.